The number of hydrogen-bond donors (Lipinski definition) is 1. The Balaban J connectivity index is 1.58. The van der Waals surface area contributed by atoms with Gasteiger partial charge in [-0.25, -0.2) is 4.68 Å². The van der Waals surface area contributed by atoms with Gasteiger partial charge in [0, 0.05) is 38.3 Å². The molecule has 1 aliphatic rings. The molecule has 0 fully saturated rings. The van der Waals surface area contributed by atoms with Crippen LogP contribution in [0.5, 0.6) is 0 Å². The minimum Gasteiger partial charge on any atom is -0.352 e. The molecule has 6 heteroatoms. The number of nitrogens with one attached hydrogen (secondary N) is 1. The molecule has 0 unspecified atom stereocenters. The first-order chi connectivity index (χ1) is 13.6. The number of rotatable bonds is 4. The highest BCUT2D eigenvalue weighted by atomic mass is 16.2. The average molecular weight is 374 g/mol. The van der Waals surface area contributed by atoms with E-state index in [1.165, 1.54) is 18.1 Å². The molecule has 0 spiro atoms. The highest BCUT2D eigenvalue weighted by Crippen LogP contribution is 2.23. The fourth-order valence-electron chi connectivity index (χ4n) is 3.50. The van der Waals surface area contributed by atoms with E-state index in [1.54, 1.807) is 10.9 Å². The summed E-state index contributed by atoms with van der Waals surface area (Å²) in [6.07, 6.45) is 4.41. The molecule has 3 aromatic rings. The predicted molar refractivity (Wildman–Crippen MR) is 106 cm³/mol. The van der Waals surface area contributed by atoms with Crippen LogP contribution in [0.2, 0.25) is 0 Å². The maximum atomic E-state index is 13.3. The fraction of sp³-hybridized carbons (Fsp3) is 0.227. The van der Waals surface area contributed by atoms with Crippen molar-refractivity contribution in [2.45, 2.75) is 26.4 Å². The van der Waals surface area contributed by atoms with Gasteiger partial charge in [0.2, 0.25) is 5.91 Å². The van der Waals surface area contributed by atoms with E-state index in [1.807, 2.05) is 47.5 Å². The van der Waals surface area contributed by atoms with Crippen LogP contribution in [0.15, 0.2) is 60.9 Å². The second kappa shape index (κ2) is 7.68. The van der Waals surface area contributed by atoms with Crippen LogP contribution in [0, 0.1) is 0 Å². The van der Waals surface area contributed by atoms with Crippen LogP contribution < -0.4 is 5.32 Å². The van der Waals surface area contributed by atoms with Gasteiger partial charge in [-0.05, 0) is 29.7 Å². The quantitative estimate of drug-likeness (QED) is 0.764. The van der Waals surface area contributed by atoms with Crippen molar-refractivity contribution in [1.29, 1.82) is 0 Å². The van der Waals surface area contributed by atoms with Crippen molar-refractivity contribution in [2.24, 2.45) is 0 Å². The highest BCUT2D eigenvalue weighted by Gasteiger charge is 2.23. The lowest BCUT2D eigenvalue weighted by Crippen LogP contribution is -2.36. The molecule has 0 atom stereocenters. The third kappa shape index (κ3) is 3.67. The van der Waals surface area contributed by atoms with E-state index in [2.05, 4.69) is 22.5 Å². The van der Waals surface area contributed by atoms with Crippen LogP contribution in [0.4, 0.5) is 0 Å². The Hall–Kier alpha value is -3.41. The van der Waals surface area contributed by atoms with E-state index in [0.717, 1.165) is 17.7 Å². The molecule has 142 valence electrons. The van der Waals surface area contributed by atoms with Crippen LogP contribution >= 0.6 is 0 Å². The smallest absolute Gasteiger partial charge is 0.256 e. The van der Waals surface area contributed by atoms with E-state index in [0.29, 0.717) is 25.2 Å². The number of carbonyl (C=O) groups is 2. The number of para-hydroxylation sites is 1. The summed E-state index contributed by atoms with van der Waals surface area (Å²) in [7, 11) is 0. The molecule has 0 radical (unpaired) electrons. The molecule has 6 nitrogen and oxygen atoms in total. The second-order valence-electron chi connectivity index (χ2n) is 6.97. The van der Waals surface area contributed by atoms with Crippen LogP contribution in [0.3, 0.4) is 0 Å². The maximum absolute atomic E-state index is 13.3. The number of aromatic nitrogens is 2. The Kier molecular flexibility index (Phi) is 4.93. The van der Waals surface area contributed by atoms with E-state index >= 15 is 0 Å². The normalized spacial score (nSPS) is 13.1. The molecular weight excluding hydrogens is 352 g/mol. The second-order valence-corrected chi connectivity index (χ2v) is 6.97. The molecule has 1 aliphatic heterocycles. The Morgan fingerprint density at radius 2 is 1.82 bits per heavy atom. The number of fused-ring (bicyclic) bond motifs is 1. The number of carbonyl (C=O) groups excluding carboxylic acids is 2. The standard InChI is InChI=1S/C22H22N4O2/c1-16(27)23-12-17-13-24-26(14-17)21-9-5-4-8-20(21)22(28)25-11-10-18-6-2-3-7-19(18)15-25/h2-9,13-14H,10-12,15H2,1H3,(H,23,27). The highest BCUT2D eigenvalue weighted by molar-refractivity contribution is 5.97. The first kappa shape index (κ1) is 18.0. The summed E-state index contributed by atoms with van der Waals surface area (Å²) in [6, 6.07) is 15.8. The van der Waals surface area contributed by atoms with Crippen LogP contribution in [0.25, 0.3) is 5.69 Å². The summed E-state index contributed by atoms with van der Waals surface area (Å²) in [4.78, 5) is 26.3. The molecular formula is C22H22N4O2. The van der Waals surface area contributed by atoms with E-state index in [4.69, 9.17) is 0 Å². The molecule has 0 saturated carbocycles. The largest absolute Gasteiger partial charge is 0.352 e. The zero-order valence-electron chi connectivity index (χ0n) is 15.8. The monoisotopic (exact) mass is 374 g/mol. The fourth-order valence-corrected chi connectivity index (χ4v) is 3.50. The SMILES string of the molecule is CC(=O)NCc1cnn(-c2ccccc2C(=O)N2CCc3ccccc3C2)c1. The lowest BCUT2D eigenvalue weighted by molar-refractivity contribution is -0.119. The number of hydrogen-bond acceptors (Lipinski definition) is 3. The summed E-state index contributed by atoms with van der Waals surface area (Å²) in [5, 5.41) is 7.14. The van der Waals surface area contributed by atoms with Crippen molar-refractivity contribution in [1.82, 2.24) is 20.0 Å². The van der Waals surface area contributed by atoms with Gasteiger partial charge in [-0.1, -0.05) is 36.4 Å². The van der Waals surface area contributed by atoms with Crippen LogP contribution in [-0.2, 0) is 24.3 Å². The lowest BCUT2D eigenvalue weighted by Gasteiger charge is -2.29. The lowest BCUT2D eigenvalue weighted by atomic mass is 9.99. The van der Waals surface area contributed by atoms with Gasteiger partial charge in [-0.15, -0.1) is 0 Å². The molecule has 1 aromatic heterocycles. The van der Waals surface area contributed by atoms with Crippen molar-refractivity contribution < 1.29 is 9.59 Å². The summed E-state index contributed by atoms with van der Waals surface area (Å²) >= 11 is 0. The first-order valence-electron chi connectivity index (χ1n) is 9.35. The van der Waals surface area contributed by atoms with Gasteiger partial charge in [0.1, 0.15) is 0 Å². The van der Waals surface area contributed by atoms with Crippen LogP contribution in [0.1, 0.15) is 34.0 Å². The Morgan fingerprint density at radius 3 is 2.64 bits per heavy atom. The topological polar surface area (TPSA) is 67.2 Å². The van der Waals surface area contributed by atoms with Crippen molar-refractivity contribution in [3.05, 3.63) is 83.2 Å². The van der Waals surface area contributed by atoms with Gasteiger partial charge >= 0.3 is 0 Å². The van der Waals surface area contributed by atoms with Gasteiger partial charge in [0.15, 0.2) is 0 Å². The Morgan fingerprint density at radius 1 is 1.07 bits per heavy atom. The third-order valence-electron chi connectivity index (χ3n) is 4.98. The third-order valence-corrected chi connectivity index (χ3v) is 4.98. The molecule has 0 aliphatic carbocycles. The summed E-state index contributed by atoms with van der Waals surface area (Å²) < 4.78 is 1.70. The number of amides is 2. The van der Waals surface area contributed by atoms with Gasteiger partial charge in [-0.2, -0.15) is 5.10 Å². The number of benzene rings is 2. The molecule has 0 saturated heterocycles. The molecule has 0 bridgehead atoms. The van der Waals surface area contributed by atoms with Gasteiger partial charge < -0.3 is 10.2 Å². The zero-order chi connectivity index (χ0) is 19.5. The summed E-state index contributed by atoms with van der Waals surface area (Å²) in [5.74, 6) is -0.0854. The van der Waals surface area contributed by atoms with Gasteiger partial charge in [0.25, 0.3) is 5.91 Å². The van der Waals surface area contributed by atoms with Crippen LogP contribution in [-0.4, -0.2) is 33.0 Å². The van der Waals surface area contributed by atoms with E-state index in [9.17, 15) is 9.59 Å². The van der Waals surface area contributed by atoms with Gasteiger partial charge in [-0.3, -0.25) is 9.59 Å². The molecule has 2 amide bonds. The molecule has 28 heavy (non-hydrogen) atoms. The van der Waals surface area contributed by atoms with E-state index < -0.39 is 0 Å². The minimum absolute atomic E-state index is 0.00372. The molecule has 2 aromatic carbocycles. The Bertz CT molecular complexity index is 1020. The first-order valence-corrected chi connectivity index (χ1v) is 9.35. The molecule has 1 N–H and O–H groups in total. The van der Waals surface area contributed by atoms with Crippen molar-refractivity contribution in [3.63, 3.8) is 0 Å². The Labute approximate surface area is 163 Å². The van der Waals surface area contributed by atoms with Crippen molar-refractivity contribution in [2.75, 3.05) is 6.54 Å². The maximum Gasteiger partial charge on any atom is 0.256 e. The molecule has 4 rings (SSSR count). The van der Waals surface area contributed by atoms with Crippen molar-refractivity contribution in [3.8, 4) is 5.69 Å². The average Bonchev–Trinajstić information content (AvgIpc) is 3.20. The van der Waals surface area contributed by atoms with Gasteiger partial charge in [0.05, 0.1) is 17.4 Å². The van der Waals surface area contributed by atoms with Crippen molar-refractivity contribution >= 4 is 11.8 Å². The predicted octanol–water partition coefficient (Wildman–Crippen LogP) is 2.71. The summed E-state index contributed by atoms with van der Waals surface area (Å²) in [6.45, 7) is 3.22. The molecule has 2 heterocycles. The number of nitrogens with zero attached hydrogens (tertiary/aromatic N) is 3. The minimum atomic E-state index is -0.0892. The van der Waals surface area contributed by atoms with E-state index in [-0.39, 0.29) is 11.8 Å². The summed E-state index contributed by atoms with van der Waals surface area (Å²) in [5.41, 5.74) is 4.76. The zero-order valence-corrected chi connectivity index (χ0v) is 15.8.